The number of nitrogens with zero attached hydrogens (tertiary/aromatic N) is 1. The van der Waals surface area contributed by atoms with Crippen LogP contribution < -0.4 is 10.8 Å². The molecule has 4 rings (SSSR count). The lowest BCUT2D eigenvalue weighted by Gasteiger charge is -2.40. The van der Waals surface area contributed by atoms with Crippen LogP contribution in [0.3, 0.4) is 0 Å². The molecular formula is C22H31N3O3. The van der Waals surface area contributed by atoms with Crippen molar-refractivity contribution in [3.63, 3.8) is 0 Å². The first-order valence-corrected chi connectivity index (χ1v) is 10.6. The predicted octanol–water partition coefficient (Wildman–Crippen LogP) is 2.22. The van der Waals surface area contributed by atoms with Crippen LogP contribution in [0.15, 0.2) is 24.3 Å². The van der Waals surface area contributed by atoms with E-state index in [0.717, 1.165) is 51.7 Å². The van der Waals surface area contributed by atoms with Gasteiger partial charge in [0.2, 0.25) is 11.8 Å². The van der Waals surface area contributed by atoms with Crippen LogP contribution in [-0.4, -0.2) is 47.6 Å². The summed E-state index contributed by atoms with van der Waals surface area (Å²) < 4.78 is 0. The summed E-state index contributed by atoms with van der Waals surface area (Å²) in [5.41, 5.74) is 4.66. The third kappa shape index (κ3) is 3.80. The lowest BCUT2D eigenvalue weighted by molar-refractivity contribution is -0.145. The van der Waals surface area contributed by atoms with Crippen molar-refractivity contribution in [3.8, 4) is 0 Å². The largest absolute Gasteiger partial charge is 0.341 e. The molecule has 0 aromatic heterocycles. The van der Waals surface area contributed by atoms with Gasteiger partial charge in [-0.15, -0.1) is 0 Å². The second kappa shape index (κ2) is 7.84. The van der Waals surface area contributed by atoms with Crippen LogP contribution in [0.25, 0.3) is 0 Å². The lowest BCUT2D eigenvalue weighted by Crippen LogP contribution is -2.59. The highest BCUT2D eigenvalue weighted by Gasteiger charge is 2.52. The first-order chi connectivity index (χ1) is 13.5. The van der Waals surface area contributed by atoms with Gasteiger partial charge < -0.3 is 10.2 Å². The number of carbonyl (C=O) groups excluding carboxylic acids is 2. The summed E-state index contributed by atoms with van der Waals surface area (Å²) in [6, 6.07) is 8.25. The van der Waals surface area contributed by atoms with E-state index in [4.69, 9.17) is 5.21 Å². The standard InChI is InChI=1S/C22H31N3O3/c1-2-15-4-3-5-17(12-15)16-6-10-25(11-7-16)21(27)19-18(20(26)24-28)13-22(8-9-22)14-23-19/h3-5,12,16,18-19,23,28H,2,6-11,13-14H2,1H3,(H,24,26). The van der Waals surface area contributed by atoms with Crippen molar-refractivity contribution < 1.29 is 14.8 Å². The lowest BCUT2D eigenvalue weighted by atomic mass is 9.81. The maximum Gasteiger partial charge on any atom is 0.248 e. The van der Waals surface area contributed by atoms with Crippen LogP contribution in [0, 0.1) is 11.3 Å². The van der Waals surface area contributed by atoms with Crippen LogP contribution >= 0.6 is 0 Å². The third-order valence-electron chi connectivity index (χ3n) is 7.06. The van der Waals surface area contributed by atoms with Gasteiger partial charge in [0.05, 0.1) is 12.0 Å². The Kier molecular flexibility index (Phi) is 5.43. The number of aryl methyl sites for hydroxylation is 1. The summed E-state index contributed by atoms with van der Waals surface area (Å²) in [6.07, 6.45) is 5.81. The van der Waals surface area contributed by atoms with E-state index >= 15 is 0 Å². The van der Waals surface area contributed by atoms with Crippen molar-refractivity contribution in [2.24, 2.45) is 11.3 Å². The highest BCUT2D eigenvalue weighted by atomic mass is 16.5. The number of hydroxylamine groups is 1. The summed E-state index contributed by atoms with van der Waals surface area (Å²) in [7, 11) is 0. The zero-order valence-electron chi connectivity index (χ0n) is 16.6. The molecule has 2 heterocycles. The van der Waals surface area contributed by atoms with Gasteiger partial charge in [-0.1, -0.05) is 31.2 Å². The first-order valence-electron chi connectivity index (χ1n) is 10.6. The molecule has 2 atom stereocenters. The monoisotopic (exact) mass is 385 g/mol. The normalized spacial score (nSPS) is 26.9. The van der Waals surface area contributed by atoms with Crippen LogP contribution in [0.1, 0.15) is 56.1 Å². The predicted molar refractivity (Wildman–Crippen MR) is 106 cm³/mol. The zero-order valence-corrected chi connectivity index (χ0v) is 16.6. The minimum Gasteiger partial charge on any atom is -0.341 e. The highest BCUT2D eigenvalue weighted by Crippen LogP contribution is 2.52. The Morgan fingerprint density at radius 3 is 2.68 bits per heavy atom. The van der Waals surface area contributed by atoms with Gasteiger partial charge in [0.15, 0.2) is 0 Å². The van der Waals surface area contributed by atoms with E-state index in [2.05, 4.69) is 36.5 Å². The van der Waals surface area contributed by atoms with Gasteiger partial charge >= 0.3 is 0 Å². The fraction of sp³-hybridized carbons (Fsp3) is 0.636. The summed E-state index contributed by atoms with van der Waals surface area (Å²) >= 11 is 0. The topological polar surface area (TPSA) is 81.7 Å². The molecule has 3 fully saturated rings. The van der Waals surface area contributed by atoms with E-state index in [0.29, 0.717) is 12.3 Å². The van der Waals surface area contributed by atoms with Crippen molar-refractivity contribution in [1.82, 2.24) is 15.7 Å². The molecule has 2 aliphatic heterocycles. The molecule has 1 aliphatic carbocycles. The molecule has 28 heavy (non-hydrogen) atoms. The second-order valence-corrected chi connectivity index (χ2v) is 8.84. The zero-order chi connectivity index (χ0) is 19.7. The molecule has 1 aromatic rings. The average Bonchev–Trinajstić information content (AvgIpc) is 3.51. The molecule has 1 aromatic carbocycles. The fourth-order valence-corrected chi connectivity index (χ4v) is 4.97. The number of likely N-dealkylation sites (tertiary alicyclic amines) is 1. The van der Waals surface area contributed by atoms with Crippen LogP contribution in [0.2, 0.25) is 0 Å². The maximum atomic E-state index is 13.2. The Morgan fingerprint density at radius 1 is 1.29 bits per heavy atom. The van der Waals surface area contributed by atoms with Gasteiger partial charge in [0, 0.05) is 19.6 Å². The number of hydrogen-bond donors (Lipinski definition) is 3. The Hall–Kier alpha value is -1.92. The second-order valence-electron chi connectivity index (χ2n) is 8.84. The SMILES string of the molecule is CCc1cccc(C2CCN(C(=O)C3NCC4(CC4)CC3C(=O)NO)CC2)c1. The number of carbonyl (C=O) groups is 2. The molecule has 2 unspecified atom stereocenters. The van der Waals surface area contributed by atoms with Crippen LogP contribution in [0.4, 0.5) is 0 Å². The average molecular weight is 386 g/mol. The van der Waals surface area contributed by atoms with E-state index in [9.17, 15) is 9.59 Å². The van der Waals surface area contributed by atoms with Crippen molar-refractivity contribution >= 4 is 11.8 Å². The van der Waals surface area contributed by atoms with E-state index < -0.39 is 17.9 Å². The van der Waals surface area contributed by atoms with Gasteiger partial charge in [-0.2, -0.15) is 0 Å². The quantitative estimate of drug-likeness (QED) is 0.548. The summed E-state index contributed by atoms with van der Waals surface area (Å²) in [6.45, 7) is 4.40. The molecule has 152 valence electrons. The van der Waals surface area contributed by atoms with Gasteiger partial charge in [-0.25, -0.2) is 5.48 Å². The number of rotatable bonds is 4. The number of amides is 2. The fourth-order valence-electron chi connectivity index (χ4n) is 4.97. The highest BCUT2D eigenvalue weighted by molar-refractivity contribution is 5.90. The molecule has 3 aliphatic rings. The Labute approximate surface area is 166 Å². The Morgan fingerprint density at radius 2 is 2.04 bits per heavy atom. The molecule has 2 saturated heterocycles. The van der Waals surface area contributed by atoms with E-state index in [1.54, 1.807) is 5.48 Å². The van der Waals surface area contributed by atoms with Crippen molar-refractivity contribution in [3.05, 3.63) is 35.4 Å². The maximum absolute atomic E-state index is 13.2. The van der Waals surface area contributed by atoms with Gasteiger partial charge in [-0.3, -0.25) is 14.8 Å². The minimum absolute atomic E-state index is 0.00450. The van der Waals surface area contributed by atoms with E-state index in [-0.39, 0.29) is 11.3 Å². The molecule has 1 spiro atoms. The number of hydrogen-bond acceptors (Lipinski definition) is 4. The first kappa shape index (κ1) is 19.4. The van der Waals surface area contributed by atoms with Gasteiger partial charge in [-0.05, 0) is 61.0 Å². The summed E-state index contributed by atoms with van der Waals surface area (Å²) in [4.78, 5) is 27.3. The summed E-state index contributed by atoms with van der Waals surface area (Å²) in [5, 5.41) is 12.5. The van der Waals surface area contributed by atoms with Crippen LogP contribution in [0.5, 0.6) is 0 Å². The molecule has 3 N–H and O–H groups in total. The van der Waals surface area contributed by atoms with Crippen molar-refractivity contribution in [2.75, 3.05) is 19.6 Å². The number of nitrogens with one attached hydrogen (secondary N) is 2. The molecule has 0 bridgehead atoms. The number of benzene rings is 1. The van der Waals surface area contributed by atoms with Crippen molar-refractivity contribution in [2.45, 2.75) is 57.4 Å². The van der Waals surface area contributed by atoms with Crippen molar-refractivity contribution in [1.29, 1.82) is 0 Å². The minimum atomic E-state index is -0.529. The molecular weight excluding hydrogens is 354 g/mol. The third-order valence-corrected chi connectivity index (χ3v) is 7.06. The molecule has 1 saturated carbocycles. The Balaban J connectivity index is 1.39. The number of piperidine rings is 2. The van der Waals surface area contributed by atoms with Gasteiger partial charge in [0.25, 0.3) is 0 Å². The van der Waals surface area contributed by atoms with E-state index in [1.165, 1.54) is 11.1 Å². The Bertz CT molecular complexity index is 738. The molecule has 6 nitrogen and oxygen atoms in total. The molecule has 0 radical (unpaired) electrons. The van der Waals surface area contributed by atoms with Gasteiger partial charge in [0.1, 0.15) is 0 Å². The van der Waals surface area contributed by atoms with E-state index in [1.807, 2.05) is 4.90 Å². The smallest absolute Gasteiger partial charge is 0.248 e. The molecule has 2 amide bonds. The molecule has 6 heteroatoms. The van der Waals surface area contributed by atoms with Crippen LogP contribution in [-0.2, 0) is 16.0 Å². The summed E-state index contributed by atoms with van der Waals surface area (Å²) in [5.74, 6) is -0.443.